The number of nitrogens with one attached hydrogen (secondary N) is 2. The van der Waals surface area contributed by atoms with Gasteiger partial charge in [0.05, 0.1) is 5.56 Å². The minimum Gasteiger partial charge on any atom is -0.478 e. The summed E-state index contributed by atoms with van der Waals surface area (Å²) >= 11 is 0. The van der Waals surface area contributed by atoms with Gasteiger partial charge in [-0.25, -0.2) is 4.79 Å². The second kappa shape index (κ2) is 10.2. The Bertz CT molecular complexity index is 1500. The zero-order valence-electron chi connectivity index (χ0n) is 18.4. The number of carboxylic acid groups (broad SMARTS) is 1. The van der Waals surface area contributed by atoms with E-state index in [0.29, 0.717) is 11.3 Å². The number of nitrogens with zero attached hydrogens (tertiary/aromatic N) is 2. The van der Waals surface area contributed by atoms with Crippen molar-refractivity contribution in [3.05, 3.63) is 102 Å². The number of hydrogen-bond donors (Lipinski definition) is 3. The molecule has 0 bridgehead atoms. The van der Waals surface area contributed by atoms with E-state index in [9.17, 15) is 19.6 Å². The van der Waals surface area contributed by atoms with Crippen molar-refractivity contribution in [3.63, 3.8) is 0 Å². The topological polar surface area (TPSA) is 124 Å². The number of para-hydroxylation sites is 2. The molecule has 0 spiro atoms. The number of aromatic carboxylic acids is 1. The zero-order chi connectivity index (χ0) is 24.8. The highest BCUT2D eigenvalue weighted by Crippen LogP contribution is 2.24. The fraction of sp³-hybridized carbons (Fsp3) is 0.0370. The van der Waals surface area contributed by atoms with Crippen LogP contribution in [0.3, 0.4) is 0 Å². The van der Waals surface area contributed by atoms with Crippen molar-refractivity contribution >= 4 is 46.1 Å². The van der Waals surface area contributed by atoms with Crippen LogP contribution >= 0.6 is 0 Å². The highest BCUT2D eigenvalue weighted by atomic mass is 16.4. The smallest absolute Gasteiger partial charge is 0.335 e. The van der Waals surface area contributed by atoms with Crippen molar-refractivity contribution in [1.82, 2.24) is 4.57 Å². The van der Waals surface area contributed by atoms with Crippen molar-refractivity contribution in [1.29, 1.82) is 5.26 Å². The molecule has 1 aromatic heterocycles. The van der Waals surface area contributed by atoms with Gasteiger partial charge in [-0.2, -0.15) is 5.26 Å². The number of aromatic nitrogens is 1. The molecule has 2 amide bonds. The quantitative estimate of drug-likeness (QED) is 0.274. The summed E-state index contributed by atoms with van der Waals surface area (Å²) in [4.78, 5) is 36.5. The molecule has 0 aliphatic heterocycles. The fourth-order valence-electron chi connectivity index (χ4n) is 3.63. The number of rotatable bonds is 7. The number of benzene rings is 3. The Morgan fingerprint density at radius 3 is 2.37 bits per heavy atom. The standard InChI is InChI=1S/C27H20N4O4/c28-15-19(26(33)30-22-10-6-7-18(14-22)27(34)35)13-20-16-31(24-12-5-4-11-23(20)24)17-25(32)29-21-8-2-1-3-9-21/h1-14,16H,17H2,(H,29,32)(H,30,33)(H,34,35)/b19-13-. The number of nitriles is 1. The Morgan fingerprint density at radius 2 is 1.63 bits per heavy atom. The maximum atomic E-state index is 12.7. The molecule has 0 aliphatic carbocycles. The van der Waals surface area contributed by atoms with Crippen LogP contribution in [0.15, 0.2) is 90.6 Å². The van der Waals surface area contributed by atoms with Crippen LogP contribution in [0.5, 0.6) is 0 Å². The second-order valence-electron chi connectivity index (χ2n) is 7.65. The van der Waals surface area contributed by atoms with Crippen molar-refractivity contribution < 1.29 is 19.5 Å². The van der Waals surface area contributed by atoms with Gasteiger partial charge < -0.3 is 20.3 Å². The van der Waals surface area contributed by atoms with Gasteiger partial charge in [-0.3, -0.25) is 9.59 Å². The summed E-state index contributed by atoms with van der Waals surface area (Å²) in [5, 5.41) is 24.9. The first kappa shape index (κ1) is 23.0. The number of carbonyl (C=O) groups is 3. The molecule has 35 heavy (non-hydrogen) atoms. The van der Waals surface area contributed by atoms with Crippen molar-refractivity contribution in [2.24, 2.45) is 0 Å². The molecule has 1 heterocycles. The Morgan fingerprint density at radius 1 is 0.914 bits per heavy atom. The van der Waals surface area contributed by atoms with E-state index in [2.05, 4.69) is 10.6 Å². The lowest BCUT2D eigenvalue weighted by atomic mass is 10.1. The van der Waals surface area contributed by atoms with Gasteiger partial charge in [0, 0.05) is 34.0 Å². The van der Waals surface area contributed by atoms with Gasteiger partial charge in [0.1, 0.15) is 18.2 Å². The normalized spacial score (nSPS) is 11.0. The molecule has 8 heteroatoms. The maximum absolute atomic E-state index is 12.7. The average Bonchev–Trinajstić information content (AvgIpc) is 3.20. The van der Waals surface area contributed by atoms with Crippen LogP contribution in [0.1, 0.15) is 15.9 Å². The monoisotopic (exact) mass is 464 g/mol. The largest absolute Gasteiger partial charge is 0.478 e. The molecular weight excluding hydrogens is 444 g/mol. The number of carboxylic acids is 1. The molecule has 8 nitrogen and oxygen atoms in total. The molecule has 0 atom stereocenters. The van der Waals surface area contributed by atoms with E-state index >= 15 is 0 Å². The lowest BCUT2D eigenvalue weighted by Crippen LogP contribution is -2.18. The summed E-state index contributed by atoms with van der Waals surface area (Å²) in [5.41, 5.74) is 2.16. The minimum absolute atomic E-state index is 0.0159. The minimum atomic E-state index is -1.12. The van der Waals surface area contributed by atoms with E-state index in [-0.39, 0.29) is 29.3 Å². The molecule has 0 saturated carbocycles. The van der Waals surface area contributed by atoms with Crippen LogP contribution in [0.4, 0.5) is 11.4 Å². The third-order valence-corrected chi connectivity index (χ3v) is 5.22. The van der Waals surface area contributed by atoms with Crippen LogP contribution in [0, 0.1) is 11.3 Å². The van der Waals surface area contributed by atoms with Gasteiger partial charge in [0.2, 0.25) is 5.91 Å². The van der Waals surface area contributed by atoms with Gasteiger partial charge in [-0.05, 0) is 42.5 Å². The Balaban J connectivity index is 1.60. The molecule has 172 valence electrons. The SMILES string of the molecule is N#C/C(=C/c1cn(CC(=O)Nc2ccccc2)c2ccccc12)C(=O)Nc1cccc(C(=O)O)c1. The average molecular weight is 464 g/mol. The predicted octanol–water partition coefficient (Wildman–Crippen LogP) is 4.52. The summed E-state index contributed by atoms with van der Waals surface area (Å²) in [6.45, 7) is 0.0410. The van der Waals surface area contributed by atoms with Crippen LogP contribution in [0.2, 0.25) is 0 Å². The van der Waals surface area contributed by atoms with Crippen LogP contribution in [-0.4, -0.2) is 27.5 Å². The van der Waals surface area contributed by atoms with Gasteiger partial charge in [0.15, 0.2) is 0 Å². The van der Waals surface area contributed by atoms with Gasteiger partial charge in [-0.1, -0.05) is 42.5 Å². The zero-order valence-corrected chi connectivity index (χ0v) is 18.4. The highest BCUT2D eigenvalue weighted by Gasteiger charge is 2.15. The molecule has 3 aromatic carbocycles. The molecule has 0 radical (unpaired) electrons. The lowest BCUT2D eigenvalue weighted by Gasteiger charge is -2.07. The Labute approximate surface area is 200 Å². The van der Waals surface area contributed by atoms with E-state index in [4.69, 9.17) is 5.11 Å². The third kappa shape index (κ3) is 5.43. The number of amides is 2. The molecule has 0 unspecified atom stereocenters. The molecular formula is C27H20N4O4. The molecule has 0 saturated heterocycles. The van der Waals surface area contributed by atoms with E-state index in [1.54, 1.807) is 22.9 Å². The fourth-order valence-corrected chi connectivity index (χ4v) is 3.63. The first-order valence-corrected chi connectivity index (χ1v) is 10.6. The van der Waals surface area contributed by atoms with E-state index < -0.39 is 11.9 Å². The van der Waals surface area contributed by atoms with Crippen LogP contribution in [0.25, 0.3) is 17.0 Å². The van der Waals surface area contributed by atoms with Crippen molar-refractivity contribution in [2.45, 2.75) is 6.54 Å². The molecule has 4 aromatic rings. The van der Waals surface area contributed by atoms with Crippen molar-refractivity contribution in [2.75, 3.05) is 10.6 Å². The number of carbonyl (C=O) groups excluding carboxylic acids is 2. The summed E-state index contributed by atoms with van der Waals surface area (Å²) in [7, 11) is 0. The van der Waals surface area contributed by atoms with Gasteiger partial charge >= 0.3 is 5.97 Å². The first-order chi connectivity index (χ1) is 16.9. The maximum Gasteiger partial charge on any atom is 0.335 e. The summed E-state index contributed by atoms with van der Waals surface area (Å²) in [5.74, 6) is -2.01. The number of fused-ring (bicyclic) bond motifs is 1. The van der Waals surface area contributed by atoms with Crippen LogP contribution in [-0.2, 0) is 16.1 Å². The third-order valence-electron chi connectivity index (χ3n) is 5.22. The van der Waals surface area contributed by atoms with Gasteiger partial charge in [0.25, 0.3) is 5.91 Å². The van der Waals surface area contributed by atoms with Crippen LogP contribution < -0.4 is 10.6 Å². The van der Waals surface area contributed by atoms with E-state index in [1.165, 1.54) is 30.3 Å². The number of hydrogen-bond acceptors (Lipinski definition) is 4. The summed E-state index contributed by atoms with van der Waals surface area (Å²) in [6.07, 6.45) is 3.16. The van der Waals surface area contributed by atoms with E-state index in [0.717, 1.165) is 10.9 Å². The molecule has 4 rings (SSSR count). The Hall–Kier alpha value is -5.16. The summed E-state index contributed by atoms with van der Waals surface area (Å²) in [6, 6.07) is 24.1. The lowest BCUT2D eigenvalue weighted by molar-refractivity contribution is -0.116. The highest BCUT2D eigenvalue weighted by molar-refractivity contribution is 6.11. The number of anilines is 2. The Kier molecular flexibility index (Phi) is 6.70. The summed E-state index contributed by atoms with van der Waals surface area (Å²) < 4.78 is 1.75. The second-order valence-corrected chi connectivity index (χ2v) is 7.65. The molecule has 3 N–H and O–H groups in total. The van der Waals surface area contributed by atoms with Crippen molar-refractivity contribution in [3.8, 4) is 6.07 Å². The predicted molar refractivity (Wildman–Crippen MR) is 133 cm³/mol. The molecule has 0 aliphatic rings. The van der Waals surface area contributed by atoms with E-state index in [1.807, 2.05) is 48.5 Å². The van der Waals surface area contributed by atoms with Gasteiger partial charge in [-0.15, -0.1) is 0 Å². The first-order valence-electron chi connectivity index (χ1n) is 10.6. The molecule has 0 fully saturated rings.